The molecule has 0 bridgehead atoms. The van der Waals surface area contributed by atoms with Crippen molar-refractivity contribution in [2.75, 3.05) is 0 Å². The van der Waals surface area contributed by atoms with Crippen molar-refractivity contribution in [2.24, 2.45) is 5.73 Å². The molecule has 1 saturated carbocycles. The number of nitrogens with zero attached hydrogens (tertiary/aromatic N) is 2. The van der Waals surface area contributed by atoms with Gasteiger partial charge >= 0.3 is 0 Å². The molecule has 6 heteroatoms. The van der Waals surface area contributed by atoms with E-state index in [0.29, 0.717) is 23.9 Å². The van der Waals surface area contributed by atoms with Gasteiger partial charge in [-0.15, -0.1) is 0 Å². The maximum atomic E-state index is 12.5. The Bertz CT molecular complexity index is 795. The molecular weight excluding hydrogens is 292 g/mol. The molecule has 0 unspecified atom stereocenters. The van der Waals surface area contributed by atoms with Crippen molar-refractivity contribution in [3.63, 3.8) is 0 Å². The Morgan fingerprint density at radius 1 is 1.09 bits per heavy atom. The third kappa shape index (κ3) is 2.76. The predicted octanol–water partition coefficient (Wildman–Crippen LogP) is 1.77. The van der Waals surface area contributed by atoms with Crippen molar-refractivity contribution in [1.29, 1.82) is 0 Å². The highest BCUT2D eigenvalue weighted by Crippen LogP contribution is 2.29. The number of fused-ring (bicyclic) bond motifs is 1. The quantitative estimate of drug-likeness (QED) is 0.902. The Morgan fingerprint density at radius 3 is 2.30 bits per heavy atom. The van der Waals surface area contributed by atoms with Crippen LogP contribution in [-0.4, -0.2) is 27.3 Å². The van der Waals surface area contributed by atoms with Crippen LogP contribution in [0.2, 0.25) is 0 Å². The fraction of sp³-hybridized carbons (Fsp3) is 0.412. The molecule has 3 rings (SSSR count). The highest BCUT2D eigenvalue weighted by atomic mass is 16.2. The molecule has 0 saturated heterocycles. The molecule has 120 valence electrons. The standard InChI is InChI=1S/C17H20N4O2/c1-10-11(2)20-14-9-12(5-6-13(14)19-10)15(22)21-17(16(18)23)7-3-4-8-17/h5-6,9H,3-4,7-8H2,1-2H3,(H2,18,23)(H,21,22). The fourth-order valence-corrected chi connectivity index (χ4v) is 3.07. The fourth-order valence-electron chi connectivity index (χ4n) is 3.07. The van der Waals surface area contributed by atoms with Gasteiger partial charge in [0, 0.05) is 5.56 Å². The number of carbonyl (C=O) groups excluding carboxylic acids is 2. The van der Waals surface area contributed by atoms with Crippen LogP contribution < -0.4 is 11.1 Å². The number of aromatic nitrogens is 2. The summed E-state index contributed by atoms with van der Waals surface area (Å²) in [5.74, 6) is -0.761. The van der Waals surface area contributed by atoms with Crippen LogP contribution >= 0.6 is 0 Å². The molecule has 1 aliphatic carbocycles. The van der Waals surface area contributed by atoms with E-state index in [1.165, 1.54) is 0 Å². The largest absolute Gasteiger partial charge is 0.368 e. The lowest BCUT2D eigenvalue weighted by molar-refractivity contribution is -0.123. The summed E-state index contributed by atoms with van der Waals surface area (Å²) >= 11 is 0. The zero-order chi connectivity index (χ0) is 16.6. The van der Waals surface area contributed by atoms with Gasteiger partial charge < -0.3 is 11.1 Å². The second-order valence-corrected chi connectivity index (χ2v) is 6.21. The van der Waals surface area contributed by atoms with E-state index in [0.717, 1.165) is 29.7 Å². The average molecular weight is 312 g/mol. The lowest BCUT2D eigenvalue weighted by Gasteiger charge is -2.26. The third-order valence-electron chi connectivity index (χ3n) is 4.62. The minimum atomic E-state index is -0.916. The summed E-state index contributed by atoms with van der Waals surface area (Å²) in [6.45, 7) is 3.79. The summed E-state index contributed by atoms with van der Waals surface area (Å²) in [5, 5.41) is 2.84. The molecule has 2 amide bonds. The first-order valence-corrected chi connectivity index (χ1v) is 7.79. The monoisotopic (exact) mass is 312 g/mol. The van der Waals surface area contributed by atoms with E-state index >= 15 is 0 Å². The number of hydrogen-bond donors (Lipinski definition) is 2. The van der Waals surface area contributed by atoms with Gasteiger partial charge in [0.05, 0.1) is 22.4 Å². The summed E-state index contributed by atoms with van der Waals surface area (Å²) in [7, 11) is 0. The van der Waals surface area contributed by atoms with E-state index in [-0.39, 0.29) is 5.91 Å². The van der Waals surface area contributed by atoms with E-state index < -0.39 is 11.4 Å². The molecule has 1 heterocycles. The van der Waals surface area contributed by atoms with Gasteiger partial charge in [0.1, 0.15) is 5.54 Å². The minimum Gasteiger partial charge on any atom is -0.368 e. The molecule has 6 nitrogen and oxygen atoms in total. The molecule has 0 aliphatic heterocycles. The zero-order valence-corrected chi connectivity index (χ0v) is 13.3. The first kappa shape index (κ1) is 15.4. The first-order valence-electron chi connectivity index (χ1n) is 7.79. The Kier molecular flexibility index (Phi) is 3.75. The number of nitrogens with two attached hydrogens (primary N) is 1. The number of rotatable bonds is 3. The van der Waals surface area contributed by atoms with Crippen molar-refractivity contribution in [3.8, 4) is 0 Å². The minimum absolute atomic E-state index is 0.298. The first-order chi connectivity index (χ1) is 10.9. The van der Waals surface area contributed by atoms with Crippen LogP contribution in [0, 0.1) is 13.8 Å². The van der Waals surface area contributed by atoms with E-state index in [1.807, 2.05) is 13.8 Å². The SMILES string of the molecule is Cc1nc2ccc(C(=O)NC3(C(N)=O)CCCC3)cc2nc1C. The van der Waals surface area contributed by atoms with Crippen LogP contribution in [0.3, 0.4) is 0 Å². The molecule has 1 aromatic carbocycles. The van der Waals surface area contributed by atoms with Crippen LogP contribution in [0.5, 0.6) is 0 Å². The summed E-state index contributed by atoms with van der Waals surface area (Å²) in [6.07, 6.45) is 2.98. The van der Waals surface area contributed by atoms with Crippen LogP contribution in [-0.2, 0) is 4.79 Å². The topological polar surface area (TPSA) is 98.0 Å². The van der Waals surface area contributed by atoms with Gasteiger partial charge in [0.2, 0.25) is 5.91 Å². The second kappa shape index (κ2) is 5.61. The van der Waals surface area contributed by atoms with Gasteiger partial charge in [0.15, 0.2) is 0 Å². The maximum absolute atomic E-state index is 12.5. The highest BCUT2D eigenvalue weighted by Gasteiger charge is 2.41. The lowest BCUT2D eigenvalue weighted by atomic mass is 9.96. The van der Waals surface area contributed by atoms with Crippen LogP contribution in [0.4, 0.5) is 0 Å². The normalized spacial score (nSPS) is 16.4. The Labute approximate surface area is 134 Å². The van der Waals surface area contributed by atoms with Gasteiger partial charge in [-0.1, -0.05) is 12.8 Å². The number of amides is 2. The van der Waals surface area contributed by atoms with E-state index in [1.54, 1.807) is 18.2 Å². The van der Waals surface area contributed by atoms with E-state index in [9.17, 15) is 9.59 Å². The average Bonchev–Trinajstić information content (AvgIpc) is 2.98. The van der Waals surface area contributed by atoms with E-state index in [2.05, 4.69) is 15.3 Å². The number of carbonyl (C=O) groups is 2. The third-order valence-corrected chi connectivity index (χ3v) is 4.62. The summed E-state index contributed by atoms with van der Waals surface area (Å²) in [6, 6.07) is 5.17. The van der Waals surface area contributed by atoms with Crippen molar-refractivity contribution < 1.29 is 9.59 Å². The summed E-state index contributed by atoms with van der Waals surface area (Å²) in [4.78, 5) is 33.2. The highest BCUT2D eigenvalue weighted by molar-refractivity contribution is 6.00. The van der Waals surface area contributed by atoms with Crippen molar-refractivity contribution in [3.05, 3.63) is 35.2 Å². The van der Waals surface area contributed by atoms with Gasteiger partial charge in [-0.05, 0) is 44.9 Å². The maximum Gasteiger partial charge on any atom is 0.252 e. The van der Waals surface area contributed by atoms with Gasteiger partial charge in [-0.3, -0.25) is 9.59 Å². The van der Waals surface area contributed by atoms with Gasteiger partial charge in [0.25, 0.3) is 5.91 Å². The summed E-state index contributed by atoms with van der Waals surface area (Å²) < 4.78 is 0. The molecule has 1 aromatic heterocycles. The van der Waals surface area contributed by atoms with Gasteiger partial charge in [-0.2, -0.15) is 0 Å². The molecule has 0 spiro atoms. The number of primary amides is 1. The second-order valence-electron chi connectivity index (χ2n) is 6.21. The predicted molar refractivity (Wildman–Crippen MR) is 86.9 cm³/mol. The molecule has 23 heavy (non-hydrogen) atoms. The van der Waals surface area contributed by atoms with Crippen LogP contribution in [0.15, 0.2) is 18.2 Å². The Morgan fingerprint density at radius 2 is 1.70 bits per heavy atom. The zero-order valence-electron chi connectivity index (χ0n) is 13.3. The van der Waals surface area contributed by atoms with Crippen molar-refractivity contribution >= 4 is 22.8 Å². The van der Waals surface area contributed by atoms with Gasteiger partial charge in [-0.25, -0.2) is 9.97 Å². The smallest absolute Gasteiger partial charge is 0.252 e. The molecular formula is C17H20N4O2. The summed E-state index contributed by atoms with van der Waals surface area (Å²) in [5.41, 5.74) is 8.17. The molecule has 1 aliphatic rings. The molecule has 1 fully saturated rings. The number of aryl methyl sites for hydroxylation is 2. The van der Waals surface area contributed by atoms with E-state index in [4.69, 9.17) is 5.73 Å². The Balaban J connectivity index is 1.92. The van der Waals surface area contributed by atoms with Crippen LogP contribution in [0.1, 0.15) is 47.4 Å². The Hall–Kier alpha value is -2.50. The van der Waals surface area contributed by atoms with Crippen molar-refractivity contribution in [1.82, 2.24) is 15.3 Å². The lowest BCUT2D eigenvalue weighted by Crippen LogP contribution is -2.55. The molecule has 0 radical (unpaired) electrons. The molecule has 2 aromatic rings. The van der Waals surface area contributed by atoms with Crippen molar-refractivity contribution in [2.45, 2.75) is 45.1 Å². The van der Waals surface area contributed by atoms with Crippen LogP contribution in [0.25, 0.3) is 11.0 Å². The number of benzene rings is 1. The molecule has 0 atom stereocenters. The number of nitrogens with one attached hydrogen (secondary N) is 1. The number of hydrogen-bond acceptors (Lipinski definition) is 4. The molecule has 3 N–H and O–H groups in total.